The van der Waals surface area contributed by atoms with Gasteiger partial charge in [0.15, 0.2) is 0 Å². The van der Waals surface area contributed by atoms with Crippen LogP contribution in [0.1, 0.15) is 49.9 Å². The third kappa shape index (κ3) is 4.70. The second-order valence-electron chi connectivity index (χ2n) is 5.90. The van der Waals surface area contributed by atoms with Gasteiger partial charge in [-0.2, -0.15) is 0 Å². The van der Waals surface area contributed by atoms with E-state index in [1.54, 1.807) is 12.3 Å². The van der Waals surface area contributed by atoms with Crippen molar-refractivity contribution in [3.05, 3.63) is 24.0 Å². The maximum Gasteiger partial charge on any atom is 0.252 e. The SMILES string of the molecule is CC(C)Oc1cncc(C(=O)NC[C@H]2CCCC[C@@H]2O)c1. The lowest BCUT2D eigenvalue weighted by Gasteiger charge is -2.27. The maximum absolute atomic E-state index is 12.1. The number of ether oxygens (including phenoxy) is 1. The Kier molecular flexibility index (Phi) is 5.56. The molecule has 1 aliphatic rings. The van der Waals surface area contributed by atoms with Crippen LogP contribution in [0.25, 0.3) is 0 Å². The molecular formula is C16H24N2O3. The van der Waals surface area contributed by atoms with E-state index in [0.717, 1.165) is 25.7 Å². The highest BCUT2D eigenvalue weighted by atomic mass is 16.5. The fourth-order valence-electron chi connectivity index (χ4n) is 2.63. The lowest BCUT2D eigenvalue weighted by atomic mass is 9.86. The number of aliphatic hydroxyl groups excluding tert-OH is 1. The van der Waals surface area contributed by atoms with Crippen molar-refractivity contribution in [3.63, 3.8) is 0 Å². The third-order valence-electron chi connectivity index (χ3n) is 3.74. The van der Waals surface area contributed by atoms with Crippen molar-refractivity contribution in [2.45, 2.75) is 51.7 Å². The summed E-state index contributed by atoms with van der Waals surface area (Å²) in [5, 5.41) is 12.8. The summed E-state index contributed by atoms with van der Waals surface area (Å²) in [7, 11) is 0. The van der Waals surface area contributed by atoms with E-state index < -0.39 is 0 Å². The standard InChI is InChI=1S/C16H24N2O3/c1-11(2)21-14-7-13(8-17-10-14)16(20)18-9-12-5-3-4-6-15(12)19/h7-8,10-12,15,19H,3-6,9H2,1-2H3,(H,18,20)/t12-,15+/m1/s1. The Balaban J connectivity index is 1.90. The van der Waals surface area contributed by atoms with Gasteiger partial charge in [0.25, 0.3) is 5.91 Å². The van der Waals surface area contributed by atoms with Crippen molar-refractivity contribution >= 4 is 5.91 Å². The molecule has 21 heavy (non-hydrogen) atoms. The smallest absolute Gasteiger partial charge is 0.252 e. The van der Waals surface area contributed by atoms with Gasteiger partial charge in [0.2, 0.25) is 0 Å². The van der Waals surface area contributed by atoms with Crippen molar-refractivity contribution in [1.82, 2.24) is 10.3 Å². The van der Waals surface area contributed by atoms with Gasteiger partial charge in [0.05, 0.1) is 24.0 Å². The van der Waals surface area contributed by atoms with Crippen LogP contribution in [0.4, 0.5) is 0 Å². The van der Waals surface area contributed by atoms with Crippen molar-refractivity contribution in [2.24, 2.45) is 5.92 Å². The quantitative estimate of drug-likeness (QED) is 0.872. The molecule has 1 saturated carbocycles. The number of hydrogen-bond donors (Lipinski definition) is 2. The van der Waals surface area contributed by atoms with Crippen LogP contribution in [-0.2, 0) is 0 Å². The molecule has 1 fully saturated rings. The van der Waals surface area contributed by atoms with Gasteiger partial charge in [0.1, 0.15) is 5.75 Å². The molecule has 0 aromatic carbocycles. The van der Waals surface area contributed by atoms with E-state index in [4.69, 9.17) is 4.74 Å². The number of carbonyl (C=O) groups is 1. The minimum atomic E-state index is -0.298. The summed E-state index contributed by atoms with van der Waals surface area (Å²) < 4.78 is 5.53. The summed E-state index contributed by atoms with van der Waals surface area (Å²) in [6.07, 6.45) is 6.87. The van der Waals surface area contributed by atoms with Gasteiger partial charge < -0.3 is 15.2 Å². The molecule has 1 heterocycles. The van der Waals surface area contributed by atoms with Gasteiger partial charge in [-0.1, -0.05) is 12.8 Å². The van der Waals surface area contributed by atoms with Crippen LogP contribution in [0.2, 0.25) is 0 Å². The Labute approximate surface area is 125 Å². The highest BCUT2D eigenvalue weighted by molar-refractivity contribution is 5.94. The molecule has 2 N–H and O–H groups in total. The molecule has 1 aromatic heterocycles. The summed E-state index contributed by atoms with van der Waals surface area (Å²) in [6.45, 7) is 4.36. The maximum atomic E-state index is 12.1. The van der Waals surface area contributed by atoms with E-state index in [2.05, 4.69) is 10.3 Å². The normalized spacial score (nSPS) is 22.1. The average Bonchev–Trinajstić information content (AvgIpc) is 2.45. The minimum absolute atomic E-state index is 0.0440. The van der Waals surface area contributed by atoms with Crippen LogP contribution in [-0.4, -0.2) is 34.8 Å². The van der Waals surface area contributed by atoms with E-state index >= 15 is 0 Å². The number of amides is 1. The Morgan fingerprint density at radius 1 is 1.43 bits per heavy atom. The van der Waals surface area contributed by atoms with Crippen LogP contribution in [0.3, 0.4) is 0 Å². The zero-order valence-electron chi connectivity index (χ0n) is 12.7. The first kappa shape index (κ1) is 15.8. The lowest BCUT2D eigenvalue weighted by molar-refractivity contribution is 0.0662. The summed E-state index contributed by atoms with van der Waals surface area (Å²) in [4.78, 5) is 16.2. The molecule has 0 saturated heterocycles. The first-order valence-corrected chi connectivity index (χ1v) is 7.64. The summed E-state index contributed by atoms with van der Waals surface area (Å²) in [6, 6.07) is 1.69. The number of carbonyl (C=O) groups excluding carboxylic acids is 1. The number of rotatable bonds is 5. The molecule has 0 spiro atoms. The Hall–Kier alpha value is -1.62. The molecule has 5 heteroatoms. The molecule has 116 valence electrons. The Morgan fingerprint density at radius 3 is 2.90 bits per heavy atom. The summed E-state index contributed by atoms with van der Waals surface area (Å²) in [5.41, 5.74) is 0.485. The number of nitrogens with zero attached hydrogens (tertiary/aromatic N) is 1. The van der Waals surface area contributed by atoms with Crippen molar-refractivity contribution in [1.29, 1.82) is 0 Å². The van der Waals surface area contributed by atoms with Crippen LogP contribution in [0, 0.1) is 5.92 Å². The van der Waals surface area contributed by atoms with Crippen LogP contribution in [0.15, 0.2) is 18.5 Å². The number of pyridine rings is 1. The van der Waals surface area contributed by atoms with Gasteiger partial charge in [-0.05, 0) is 32.8 Å². The third-order valence-corrected chi connectivity index (χ3v) is 3.74. The highest BCUT2D eigenvalue weighted by Crippen LogP contribution is 2.23. The van der Waals surface area contributed by atoms with Crippen molar-refractivity contribution in [2.75, 3.05) is 6.54 Å². The minimum Gasteiger partial charge on any atom is -0.489 e. The van der Waals surface area contributed by atoms with Crippen LogP contribution < -0.4 is 10.1 Å². The van der Waals surface area contributed by atoms with E-state index in [1.807, 2.05) is 13.8 Å². The molecule has 0 bridgehead atoms. The Bertz CT molecular complexity index is 476. The molecule has 1 aromatic rings. The molecule has 1 amide bonds. The van der Waals surface area contributed by atoms with Crippen LogP contribution >= 0.6 is 0 Å². The number of nitrogens with one attached hydrogen (secondary N) is 1. The number of aliphatic hydroxyl groups is 1. The molecule has 0 aliphatic heterocycles. The Morgan fingerprint density at radius 2 is 2.19 bits per heavy atom. The molecule has 5 nitrogen and oxygen atoms in total. The first-order valence-electron chi connectivity index (χ1n) is 7.64. The summed E-state index contributed by atoms with van der Waals surface area (Å²) in [5.74, 6) is 0.579. The number of hydrogen-bond acceptors (Lipinski definition) is 4. The fourth-order valence-corrected chi connectivity index (χ4v) is 2.63. The second kappa shape index (κ2) is 7.41. The number of aromatic nitrogens is 1. The fraction of sp³-hybridized carbons (Fsp3) is 0.625. The summed E-state index contributed by atoms with van der Waals surface area (Å²) >= 11 is 0. The second-order valence-corrected chi connectivity index (χ2v) is 5.90. The van der Waals surface area contributed by atoms with E-state index in [0.29, 0.717) is 17.9 Å². The van der Waals surface area contributed by atoms with E-state index in [1.165, 1.54) is 6.20 Å². The van der Waals surface area contributed by atoms with Gasteiger partial charge in [-0.15, -0.1) is 0 Å². The zero-order chi connectivity index (χ0) is 15.2. The zero-order valence-corrected chi connectivity index (χ0v) is 12.7. The van der Waals surface area contributed by atoms with Gasteiger partial charge in [-0.25, -0.2) is 0 Å². The topological polar surface area (TPSA) is 71.5 Å². The largest absolute Gasteiger partial charge is 0.489 e. The van der Waals surface area contributed by atoms with Gasteiger partial charge >= 0.3 is 0 Å². The first-order chi connectivity index (χ1) is 10.1. The average molecular weight is 292 g/mol. The molecule has 0 radical (unpaired) electrons. The predicted octanol–water partition coefficient (Wildman–Crippen LogP) is 2.15. The van der Waals surface area contributed by atoms with Crippen LogP contribution in [0.5, 0.6) is 5.75 Å². The molecule has 1 aliphatic carbocycles. The lowest BCUT2D eigenvalue weighted by Crippen LogP contribution is -2.36. The van der Waals surface area contributed by atoms with Crippen molar-refractivity contribution < 1.29 is 14.6 Å². The van der Waals surface area contributed by atoms with Gasteiger partial charge in [-0.3, -0.25) is 9.78 Å². The van der Waals surface area contributed by atoms with Gasteiger partial charge in [0, 0.05) is 18.7 Å². The molecule has 0 unspecified atom stereocenters. The molecule has 2 atom stereocenters. The van der Waals surface area contributed by atoms with Crippen molar-refractivity contribution in [3.8, 4) is 5.75 Å². The van der Waals surface area contributed by atoms with E-state index in [-0.39, 0.29) is 24.0 Å². The highest BCUT2D eigenvalue weighted by Gasteiger charge is 2.23. The monoisotopic (exact) mass is 292 g/mol. The van der Waals surface area contributed by atoms with E-state index in [9.17, 15) is 9.90 Å². The molecule has 2 rings (SSSR count). The molecular weight excluding hydrogens is 268 g/mol. The predicted molar refractivity (Wildman–Crippen MR) is 80.3 cm³/mol.